The zero-order valence-corrected chi connectivity index (χ0v) is 15.4. The van der Waals surface area contributed by atoms with Crippen LogP contribution in [0.4, 0.5) is 0 Å². The summed E-state index contributed by atoms with van der Waals surface area (Å²) in [5, 5.41) is 7.57. The number of nitrogens with one attached hydrogen (secondary N) is 4. The average Bonchev–Trinajstić information content (AvgIpc) is 3.31. The number of nitrogens with two attached hydrogens (primary N) is 2. The van der Waals surface area contributed by atoms with Gasteiger partial charge in [-0.2, -0.15) is 0 Å². The second-order valence-corrected chi connectivity index (χ2v) is 9.82. The first-order valence-electron chi connectivity index (χ1n) is 8.45. The van der Waals surface area contributed by atoms with E-state index in [0.717, 1.165) is 0 Å². The lowest BCUT2D eigenvalue weighted by Crippen LogP contribution is -2.57. The highest BCUT2D eigenvalue weighted by Gasteiger charge is 2.51. The van der Waals surface area contributed by atoms with Crippen LogP contribution < -0.4 is 27.4 Å². The van der Waals surface area contributed by atoms with Crippen molar-refractivity contribution in [2.45, 2.75) is 24.5 Å². The molecule has 27 heavy (non-hydrogen) atoms. The van der Waals surface area contributed by atoms with Gasteiger partial charge in [-0.25, -0.2) is 4.98 Å². The van der Waals surface area contributed by atoms with E-state index in [-0.39, 0.29) is 42.2 Å². The largest absolute Gasteiger partial charge is 0.368 e. The van der Waals surface area contributed by atoms with Gasteiger partial charge in [-0.15, -0.1) is 10.0 Å². The Kier molecular flexibility index (Phi) is 5.60. The number of hydrogen-bond acceptors (Lipinski definition) is 8. The summed E-state index contributed by atoms with van der Waals surface area (Å²) in [6.45, 7) is 0.338. The molecule has 0 bridgehead atoms. The summed E-state index contributed by atoms with van der Waals surface area (Å²) in [6.07, 6.45) is 3.22. The molecule has 0 aliphatic carbocycles. The number of amides is 2. The minimum absolute atomic E-state index is 0.00302. The fourth-order valence-corrected chi connectivity index (χ4v) is 6.90. The maximum absolute atomic E-state index is 13.3. The average molecular weight is 397 g/mol. The fraction of sp³-hybridized carbons (Fsp3) is 0.533. The lowest BCUT2D eigenvalue weighted by molar-refractivity contribution is -0.126. The van der Waals surface area contributed by atoms with Crippen LogP contribution in [0.2, 0.25) is 0 Å². The van der Waals surface area contributed by atoms with Crippen molar-refractivity contribution < 1.29 is 19.2 Å². The maximum Gasteiger partial charge on any atom is 0.235 e. The topological polar surface area (TPSA) is 185 Å². The highest BCUT2D eigenvalue weighted by molar-refractivity contribution is 8.55. The SMILES string of the molecule is NC(=O)C1CS(C(=O)C2CNCC(=O)N2)(C(=O)[C@@H](N)Cc2cnc[nH]2)CN1. The summed E-state index contributed by atoms with van der Waals surface area (Å²) in [6, 6.07) is -2.55. The van der Waals surface area contributed by atoms with Crippen LogP contribution in [0.25, 0.3) is 0 Å². The Morgan fingerprint density at radius 2 is 2.11 bits per heavy atom. The molecule has 2 saturated heterocycles. The van der Waals surface area contributed by atoms with Crippen LogP contribution in [-0.4, -0.2) is 74.9 Å². The smallest absolute Gasteiger partial charge is 0.235 e. The Morgan fingerprint density at radius 3 is 2.70 bits per heavy atom. The highest BCUT2D eigenvalue weighted by Crippen LogP contribution is 2.54. The normalized spacial score (nSPS) is 31.5. The first kappa shape index (κ1) is 19.5. The van der Waals surface area contributed by atoms with E-state index in [2.05, 4.69) is 25.9 Å². The molecule has 1 aromatic rings. The number of imidazole rings is 1. The van der Waals surface area contributed by atoms with E-state index in [1.54, 1.807) is 6.20 Å². The van der Waals surface area contributed by atoms with Crippen molar-refractivity contribution in [3.63, 3.8) is 0 Å². The Hall–Kier alpha value is -2.28. The van der Waals surface area contributed by atoms with Crippen molar-refractivity contribution in [3.05, 3.63) is 18.2 Å². The van der Waals surface area contributed by atoms with Gasteiger partial charge in [-0.1, -0.05) is 0 Å². The standard InChI is InChI=1S/C15H23N7O4S/c16-9(1-8-2-19-6-20-8)14(25)27(5-11(13(17)24)21-7-27)15(26)10-3-18-4-12(23)22-10/h2,6,9-11,18,21H,1,3-5,7,16H2,(H2,17,24)(H,19,20)(H,22,23)/t9-,10?,11?/m0/s1. The van der Waals surface area contributed by atoms with Crippen LogP contribution in [0.15, 0.2) is 12.5 Å². The van der Waals surface area contributed by atoms with E-state index in [1.807, 2.05) is 0 Å². The number of primary amides is 1. The third-order valence-corrected chi connectivity index (χ3v) is 8.38. The summed E-state index contributed by atoms with van der Waals surface area (Å²) < 4.78 is 0. The Bertz CT molecular complexity index is 755. The molecule has 0 spiro atoms. The molecule has 11 nitrogen and oxygen atoms in total. The van der Waals surface area contributed by atoms with E-state index in [0.29, 0.717) is 5.69 Å². The van der Waals surface area contributed by atoms with Crippen molar-refractivity contribution in [1.82, 2.24) is 25.9 Å². The van der Waals surface area contributed by atoms with E-state index < -0.39 is 39.2 Å². The Balaban J connectivity index is 1.85. The Morgan fingerprint density at radius 1 is 1.33 bits per heavy atom. The van der Waals surface area contributed by atoms with Gasteiger partial charge in [0.05, 0.1) is 25.0 Å². The molecule has 8 N–H and O–H groups in total. The number of carbonyl (C=O) groups excluding carboxylic acids is 4. The van der Waals surface area contributed by atoms with Gasteiger partial charge in [0.25, 0.3) is 0 Å². The molecule has 4 atom stereocenters. The Labute approximate surface area is 156 Å². The van der Waals surface area contributed by atoms with Gasteiger partial charge in [0.15, 0.2) is 5.12 Å². The molecule has 2 aliphatic rings. The third-order valence-electron chi connectivity index (χ3n) is 4.69. The predicted molar refractivity (Wildman–Crippen MR) is 98.5 cm³/mol. The van der Waals surface area contributed by atoms with Crippen molar-refractivity contribution in [2.75, 3.05) is 24.7 Å². The number of H-pyrrole nitrogens is 1. The molecule has 2 aliphatic heterocycles. The van der Waals surface area contributed by atoms with Crippen LogP contribution in [0, 0.1) is 0 Å². The first-order valence-corrected chi connectivity index (χ1v) is 10.4. The van der Waals surface area contributed by atoms with Gasteiger partial charge < -0.3 is 27.1 Å². The molecule has 1 aromatic heterocycles. The number of carbonyl (C=O) groups is 4. The van der Waals surface area contributed by atoms with Crippen LogP contribution in [0.3, 0.4) is 0 Å². The molecule has 12 heteroatoms. The number of aromatic amines is 1. The monoisotopic (exact) mass is 397 g/mol. The summed E-state index contributed by atoms with van der Waals surface area (Å²) >= 11 is 0. The molecular formula is C15H23N7O4S. The zero-order valence-electron chi connectivity index (χ0n) is 14.6. The summed E-state index contributed by atoms with van der Waals surface area (Å²) in [5.41, 5.74) is 12.2. The van der Waals surface area contributed by atoms with Crippen molar-refractivity contribution in [2.24, 2.45) is 11.5 Å². The second-order valence-electron chi connectivity index (χ2n) is 6.63. The molecule has 2 amide bonds. The van der Waals surface area contributed by atoms with Gasteiger partial charge in [-0.05, 0) is 0 Å². The number of nitrogens with zero attached hydrogens (tertiary/aromatic N) is 1. The van der Waals surface area contributed by atoms with Crippen LogP contribution >= 0.6 is 10.0 Å². The lowest BCUT2D eigenvalue weighted by Gasteiger charge is -2.37. The van der Waals surface area contributed by atoms with E-state index in [4.69, 9.17) is 11.5 Å². The van der Waals surface area contributed by atoms with E-state index >= 15 is 0 Å². The molecular weight excluding hydrogens is 374 g/mol. The van der Waals surface area contributed by atoms with E-state index in [1.165, 1.54) is 6.33 Å². The lowest BCUT2D eigenvalue weighted by atomic mass is 10.2. The van der Waals surface area contributed by atoms with Crippen LogP contribution in [0.1, 0.15) is 5.69 Å². The van der Waals surface area contributed by atoms with Gasteiger partial charge in [0.1, 0.15) is 6.04 Å². The summed E-state index contributed by atoms with van der Waals surface area (Å²) in [4.78, 5) is 56.6. The number of rotatable bonds is 5. The first-order chi connectivity index (χ1) is 12.8. The second kappa shape index (κ2) is 7.76. The van der Waals surface area contributed by atoms with Gasteiger partial charge in [-0.3, -0.25) is 24.5 Å². The van der Waals surface area contributed by atoms with Crippen molar-refractivity contribution in [3.8, 4) is 0 Å². The number of aromatic nitrogens is 2. The third kappa shape index (κ3) is 3.88. The minimum atomic E-state index is -2.64. The summed E-state index contributed by atoms with van der Waals surface area (Å²) in [5.74, 6) is -0.914. The fourth-order valence-electron chi connectivity index (χ4n) is 3.28. The molecule has 0 saturated carbocycles. The van der Waals surface area contributed by atoms with Gasteiger partial charge in [0.2, 0.25) is 16.9 Å². The maximum atomic E-state index is 13.3. The molecule has 0 radical (unpaired) electrons. The molecule has 3 rings (SSSR count). The van der Waals surface area contributed by atoms with Gasteiger partial charge in [0, 0.05) is 36.5 Å². The van der Waals surface area contributed by atoms with Crippen molar-refractivity contribution in [1.29, 1.82) is 0 Å². The molecule has 0 aromatic carbocycles. The van der Waals surface area contributed by atoms with Crippen LogP contribution in [0.5, 0.6) is 0 Å². The minimum Gasteiger partial charge on any atom is -0.368 e. The van der Waals surface area contributed by atoms with Crippen LogP contribution in [-0.2, 0) is 25.6 Å². The quantitative estimate of drug-likeness (QED) is 0.297. The predicted octanol–water partition coefficient (Wildman–Crippen LogP) is -3.36. The van der Waals surface area contributed by atoms with E-state index in [9.17, 15) is 19.2 Å². The molecule has 3 heterocycles. The number of hydrogen-bond donors (Lipinski definition) is 6. The molecule has 2 fully saturated rings. The van der Waals surface area contributed by atoms with Gasteiger partial charge >= 0.3 is 0 Å². The summed E-state index contributed by atoms with van der Waals surface area (Å²) in [7, 11) is -2.64. The molecule has 3 unspecified atom stereocenters. The highest BCUT2D eigenvalue weighted by atomic mass is 32.3. The number of piperazine rings is 1. The zero-order chi connectivity index (χ0) is 19.6. The molecule has 148 valence electrons. The van der Waals surface area contributed by atoms with Crippen molar-refractivity contribution >= 4 is 32.1 Å².